The fourth-order valence-corrected chi connectivity index (χ4v) is 5.28. The van der Waals surface area contributed by atoms with Crippen molar-refractivity contribution in [3.63, 3.8) is 0 Å². The van der Waals surface area contributed by atoms with E-state index in [1.54, 1.807) is 12.0 Å². The molecule has 0 aromatic heterocycles. The highest BCUT2D eigenvalue weighted by atomic mass is 16.6. The van der Waals surface area contributed by atoms with Crippen LogP contribution in [0.3, 0.4) is 0 Å². The van der Waals surface area contributed by atoms with E-state index < -0.39 is 0 Å². The molecule has 3 aliphatic heterocycles. The van der Waals surface area contributed by atoms with Crippen molar-refractivity contribution in [2.75, 3.05) is 26.8 Å². The maximum atomic E-state index is 12.6. The molecule has 2 amide bonds. The average Bonchev–Trinajstić information content (AvgIpc) is 3.55. The Hall–Kier alpha value is -1.64. The van der Waals surface area contributed by atoms with Crippen LogP contribution in [0.2, 0.25) is 0 Å². The zero-order valence-corrected chi connectivity index (χ0v) is 18.6. The molecule has 1 aliphatic carbocycles. The number of ether oxygens (including phenoxy) is 4. The number of hydrogen-bond acceptors (Lipinski definition) is 6. The van der Waals surface area contributed by atoms with Gasteiger partial charge in [-0.1, -0.05) is 11.6 Å². The van der Waals surface area contributed by atoms with Crippen LogP contribution in [0.4, 0.5) is 4.79 Å². The van der Waals surface area contributed by atoms with Crippen molar-refractivity contribution < 1.29 is 28.5 Å². The standard InChI is InChI=1S/C22H34N2O6/c1-13(2)6-7-17-21(4,30-17)19-18(27-5)16(8-9-22(19)12-28-22)29-20(26)24-10-15(11-24)23-14(3)25/h6,15-19H,7-12H2,1-5H3,(H,23,25)/t16-,17-,18-,19-,21+,22+/m1/s1. The van der Waals surface area contributed by atoms with Gasteiger partial charge in [0.25, 0.3) is 0 Å². The Balaban J connectivity index is 1.40. The molecule has 4 rings (SSSR count). The van der Waals surface area contributed by atoms with Gasteiger partial charge in [-0.3, -0.25) is 4.79 Å². The molecule has 0 radical (unpaired) electrons. The fraction of sp³-hybridized carbons (Fsp3) is 0.818. The third kappa shape index (κ3) is 3.97. The molecule has 3 saturated heterocycles. The highest BCUT2D eigenvalue weighted by Crippen LogP contribution is 2.59. The number of carbonyl (C=O) groups is 2. The Bertz CT molecular complexity index is 725. The summed E-state index contributed by atoms with van der Waals surface area (Å²) in [6.45, 7) is 9.45. The number of amides is 2. The maximum Gasteiger partial charge on any atom is 0.410 e. The van der Waals surface area contributed by atoms with Crippen molar-refractivity contribution in [3.05, 3.63) is 11.6 Å². The summed E-state index contributed by atoms with van der Waals surface area (Å²) in [6.07, 6.45) is 3.76. The summed E-state index contributed by atoms with van der Waals surface area (Å²) in [7, 11) is 1.67. The van der Waals surface area contributed by atoms with Crippen LogP contribution in [-0.2, 0) is 23.7 Å². The lowest BCUT2D eigenvalue weighted by Crippen LogP contribution is -2.62. The first-order valence-corrected chi connectivity index (χ1v) is 10.9. The lowest BCUT2D eigenvalue weighted by atomic mass is 9.68. The molecule has 168 valence electrons. The van der Waals surface area contributed by atoms with Crippen molar-refractivity contribution in [1.82, 2.24) is 10.2 Å². The Morgan fingerprint density at radius 1 is 1.27 bits per heavy atom. The van der Waals surface area contributed by atoms with Crippen LogP contribution in [0.15, 0.2) is 11.6 Å². The summed E-state index contributed by atoms with van der Waals surface area (Å²) >= 11 is 0. The van der Waals surface area contributed by atoms with Gasteiger partial charge >= 0.3 is 6.09 Å². The quantitative estimate of drug-likeness (QED) is 0.520. The Labute approximate surface area is 178 Å². The van der Waals surface area contributed by atoms with E-state index in [2.05, 4.69) is 32.2 Å². The van der Waals surface area contributed by atoms with Crippen molar-refractivity contribution in [1.29, 1.82) is 0 Å². The lowest BCUT2D eigenvalue weighted by Gasteiger charge is -2.44. The Kier molecular flexibility index (Phi) is 5.61. The van der Waals surface area contributed by atoms with Crippen LogP contribution in [0.25, 0.3) is 0 Å². The average molecular weight is 423 g/mol. The second-order valence-electron chi connectivity index (χ2n) is 9.60. The van der Waals surface area contributed by atoms with Crippen molar-refractivity contribution >= 4 is 12.0 Å². The van der Waals surface area contributed by atoms with Crippen LogP contribution >= 0.6 is 0 Å². The van der Waals surface area contributed by atoms with Gasteiger partial charge in [0.1, 0.15) is 23.4 Å². The molecule has 30 heavy (non-hydrogen) atoms. The minimum absolute atomic E-state index is 0.00474. The smallest absolute Gasteiger partial charge is 0.410 e. The van der Waals surface area contributed by atoms with Gasteiger partial charge in [-0.25, -0.2) is 4.79 Å². The number of carbonyl (C=O) groups excluding carboxylic acids is 2. The van der Waals surface area contributed by atoms with E-state index >= 15 is 0 Å². The highest BCUT2D eigenvalue weighted by molar-refractivity contribution is 5.74. The van der Waals surface area contributed by atoms with Crippen LogP contribution in [0.1, 0.15) is 47.0 Å². The van der Waals surface area contributed by atoms with Crippen molar-refractivity contribution in [3.8, 4) is 0 Å². The van der Waals surface area contributed by atoms with Gasteiger partial charge < -0.3 is 29.2 Å². The van der Waals surface area contributed by atoms with Crippen molar-refractivity contribution in [2.24, 2.45) is 5.92 Å². The number of rotatable bonds is 6. The minimum atomic E-state index is -0.349. The summed E-state index contributed by atoms with van der Waals surface area (Å²) in [5.41, 5.74) is 0.698. The van der Waals surface area contributed by atoms with Crippen LogP contribution in [0, 0.1) is 5.92 Å². The van der Waals surface area contributed by atoms with Gasteiger partial charge in [-0.15, -0.1) is 0 Å². The molecule has 3 heterocycles. The molecule has 1 N–H and O–H groups in total. The molecule has 8 heteroatoms. The molecule has 6 atom stereocenters. The summed E-state index contributed by atoms with van der Waals surface area (Å²) in [5.74, 6) is -0.0710. The van der Waals surface area contributed by atoms with Crippen LogP contribution in [-0.4, -0.2) is 79.3 Å². The number of likely N-dealkylation sites (tertiary alicyclic amines) is 1. The van der Waals surface area contributed by atoms with E-state index in [1.165, 1.54) is 12.5 Å². The van der Waals surface area contributed by atoms with E-state index in [-0.39, 0.29) is 53.5 Å². The highest BCUT2D eigenvalue weighted by Gasteiger charge is 2.72. The third-order valence-electron chi connectivity index (χ3n) is 7.04. The molecule has 0 aromatic carbocycles. The second kappa shape index (κ2) is 7.80. The Morgan fingerprint density at radius 2 is 1.97 bits per heavy atom. The minimum Gasteiger partial charge on any atom is -0.443 e. The van der Waals surface area contributed by atoms with E-state index in [0.29, 0.717) is 26.1 Å². The SMILES string of the molecule is CO[C@@H]1[C@H](OC(=O)N2CC(NC(C)=O)C2)CC[C@]2(CO2)[C@H]1[C@@]1(C)O[C@@H]1CC=C(C)C. The normalized spacial score (nSPS) is 39.8. The number of nitrogens with one attached hydrogen (secondary N) is 1. The first-order valence-electron chi connectivity index (χ1n) is 10.9. The molecular formula is C22H34N2O6. The summed E-state index contributed by atoms with van der Waals surface area (Å²) in [5, 5.41) is 2.82. The molecule has 1 saturated carbocycles. The Morgan fingerprint density at radius 3 is 2.53 bits per heavy atom. The summed E-state index contributed by atoms with van der Waals surface area (Å²) < 4.78 is 23.9. The van der Waals surface area contributed by atoms with Gasteiger partial charge in [0.05, 0.1) is 24.7 Å². The first kappa shape index (κ1) is 21.6. The number of allylic oxidation sites excluding steroid dienone is 1. The predicted octanol–water partition coefficient (Wildman–Crippen LogP) is 2.02. The van der Waals surface area contributed by atoms with Gasteiger partial charge in [-0.2, -0.15) is 0 Å². The third-order valence-corrected chi connectivity index (χ3v) is 7.04. The van der Waals surface area contributed by atoms with E-state index in [0.717, 1.165) is 12.8 Å². The maximum absolute atomic E-state index is 12.6. The predicted molar refractivity (Wildman–Crippen MR) is 109 cm³/mol. The molecule has 8 nitrogen and oxygen atoms in total. The van der Waals surface area contributed by atoms with E-state index in [4.69, 9.17) is 18.9 Å². The number of hydrogen-bond donors (Lipinski definition) is 1. The number of methoxy groups -OCH3 is 1. The zero-order chi connectivity index (χ0) is 21.7. The van der Waals surface area contributed by atoms with Crippen molar-refractivity contribution in [2.45, 2.75) is 82.5 Å². The topological polar surface area (TPSA) is 92.9 Å². The first-order chi connectivity index (χ1) is 14.2. The molecule has 0 unspecified atom stereocenters. The summed E-state index contributed by atoms with van der Waals surface area (Å²) in [6, 6.07) is 0.00474. The van der Waals surface area contributed by atoms with Gasteiger partial charge in [0.15, 0.2) is 0 Å². The molecule has 4 fully saturated rings. The van der Waals surface area contributed by atoms with Gasteiger partial charge in [0.2, 0.25) is 5.91 Å². The monoisotopic (exact) mass is 422 g/mol. The molecule has 0 bridgehead atoms. The fourth-order valence-electron chi connectivity index (χ4n) is 5.28. The zero-order valence-electron chi connectivity index (χ0n) is 18.6. The molecular weight excluding hydrogens is 388 g/mol. The lowest BCUT2D eigenvalue weighted by molar-refractivity contribution is -0.125. The van der Waals surface area contributed by atoms with E-state index in [1.807, 2.05) is 0 Å². The second-order valence-corrected chi connectivity index (χ2v) is 9.60. The van der Waals surface area contributed by atoms with Crippen LogP contribution < -0.4 is 5.32 Å². The molecule has 4 aliphatic rings. The van der Waals surface area contributed by atoms with Gasteiger partial charge in [0, 0.05) is 27.1 Å². The largest absolute Gasteiger partial charge is 0.443 e. The number of epoxide rings is 2. The summed E-state index contributed by atoms with van der Waals surface area (Å²) in [4.78, 5) is 25.4. The van der Waals surface area contributed by atoms with Crippen LogP contribution in [0.5, 0.6) is 0 Å². The molecule has 0 aromatic rings. The van der Waals surface area contributed by atoms with Gasteiger partial charge in [-0.05, 0) is 40.0 Å². The number of nitrogens with zero attached hydrogens (tertiary/aromatic N) is 1. The van der Waals surface area contributed by atoms with E-state index in [9.17, 15) is 9.59 Å². The molecule has 1 spiro atoms.